The van der Waals surface area contributed by atoms with E-state index in [0.29, 0.717) is 18.6 Å². The molecule has 2 heterocycles. The Morgan fingerprint density at radius 2 is 2.08 bits per heavy atom. The molecular formula is C18H32N2O5Si. The maximum atomic E-state index is 12.0. The Labute approximate surface area is 155 Å². The Kier molecular flexibility index (Phi) is 6.32. The second-order valence-corrected chi connectivity index (χ2v) is 13.0. The normalized spacial score (nSPS) is 24.2. The van der Waals surface area contributed by atoms with Crippen molar-refractivity contribution in [1.29, 1.82) is 0 Å². The average molecular weight is 385 g/mol. The molecule has 2 rings (SSSR count). The van der Waals surface area contributed by atoms with Gasteiger partial charge in [0, 0.05) is 18.2 Å². The minimum atomic E-state index is -1.98. The highest BCUT2D eigenvalue weighted by atomic mass is 28.4. The molecule has 0 bridgehead atoms. The summed E-state index contributed by atoms with van der Waals surface area (Å²) in [7, 11) is -1.98. The van der Waals surface area contributed by atoms with Gasteiger partial charge in [0.05, 0.1) is 12.7 Å². The minimum Gasteiger partial charge on any atom is -0.414 e. The van der Waals surface area contributed by atoms with E-state index in [0.717, 1.165) is 12.8 Å². The number of aryl methyl sites for hydroxylation is 1. The molecule has 1 aromatic rings. The predicted molar refractivity (Wildman–Crippen MR) is 103 cm³/mol. The molecule has 1 aliphatic rings. The van der Waals surface area contributed by atoms with Gasteiger partial charge in [-0.1, -0.05) is 27.2 Å². The summed E-state index contributed by atoms with van der Waals surface area (Å²) in [6, 6.07) is 0. The number of ether oxygens (including phenoxy) is 1. The quantitative estimate of drug-likeness (QED) is 0.704. The van der Waals surface area contributed by atoms with E-state index >= 15 is 0 Å². The van der Waals surface area contributed by atoms with Crippen molar-refractivity contribution in [3.8, 4) is 0 Å². The van der Waals surface area contributed by atoms with Crippen LogP contribution in [0.15, 0.2) is 15.8 Å². The van der Waals surface area contributed by atoms with Crippen LogP contribution < -0.4 is 11.2 Å². The van der Waals surface area contributed by atoms with Gasteiger partial charge in [-0.2, -0.15) is 0 Å². The van der Waals surface area contributed by atoms with Crippen LogP contribution in [0.25, 0.3) is 0 Å². The molecule has 0 unspecified atom stereocenters. The monoisotopic (exact) mass is 384 g/mol. The number of nitrogens with one attached hydrogen (secondary N) is 1. The van der Waals surface area contributed by atoms with Gasteiger partial charge < -0.3 is 14.3 Å². The van der Waals surface area contributed by atoms with Gasteiger partial charge in [0.2, 0.25) is 0 Å². The van der Waals surface area contributed by atoms with Gasteiger partial charge in [-0.25, -0.2) is 4.79 Å². The summed E-state index contributed by atoms with van der Waals surface area (Å²) >= 11 is 0. The van der Waals surface area contributed by atoms with E-state index < -0.39 is 38.0 Å². The average Bonchev–Trinajstić information content (AvgIpc) is 2.89. The van der Waals surface area contributed by atoms with E-state index in [1.807, 2.05) is 0 Å². The number of H-pyrrole nitrogens is 1. The number of hydrogen-bond donors (Lipinski definition) is 2. The molecule has 2 N–H and O–H groups in total. The van der Waals surface area contributed by atoms with Crippen LogP contribution in [-0.4, -0.2) is 41.8 Å². The molecule has 7 nitrogen and oxygen atoms in total. The molecule has 3 atom stereocenters. The predicted octanol–water partition coefficient (Wildman–Crippen LogP) is 2.30. The van der Waals surface area contributed by atoms with Crippen molar-refractivity contribution in [1.82, 2.24) is 9.55 Å². The third kappa shape index (κ3) is 4.36. The number of aliphatic hydroxyl groups excluding tert-OH is 1. The third-order valence-corrected chi connectivity index (χ3v) is 10.2. The molecule has 0 spiro atoms. The van der Waals surface area contributed by atoms with Crippen LogP contribution >= 0.6 is 0 Å². The Morgan fingerprint density at radius 3 is 2.69 bits per heavy atom. The van der Waals surface area contributed by atoms with Crippen LogP contribution in [0.1, 0.15) is 51.8 Å². The molecule has 26 heavy (non-hydrogen) atoms. The lowest BCUT2D eigenvalue weighted by Crippen LogP contribution is -2.45. The van der Waals surface area contributed by atoms with Crippen LogP contribution in [0, 0.1) is 6.92 Å². The van der Waals surface area contributed by atoms with Gasteiger partial charge in [-0.05, 0) is 31.5 Å². The molecule has 148 valence electrons. The van der Waals surface area contributed by atoms with E-state index in [9.17, 15) is 14.7 Å². The second-order valence-electron chi connectivity index (χ2n) is 8.37. The summed E-state index contributed by atoms with van der Waals surface area (Å²) in [6.45, 7) is 13.0. The summed E-state index contributed by atoms with van der Waals surface area (Å²) in [4.78, 5) is 25.8. The summed E-state index contributed by atoms with van der Waals surface area (Å²) in [5, 5.41) is 10.5. The number of hydrogen-bond acceptors (Lipinski definition) is 5. The van der Waals surface area contributed by atoms with E-state index in [4.69, 9.17) is 9.16 Å². The molecule has 1 aliphatic heterocycles. The summed E-state index contributed by atoms with van der Waals surface area (Å²) < 4.78 is 13.5. The van der Waals surface area contributed by atoms with Gasteiger partial charge >= 0.3 is 5.69 Å². The van der Waals surface area contributed by atoms with Crippen molar-refractivity contribution >= 4 is 8.32 Å². The van der Waals surface area contributed by atoms with Crippen LogP contribution in [0.5, 0.6) is 0 Å². The number of aliphatic hydroxyl groups is 1. The highest BCUT2D eigenvalue weighted by molar-refractivity contribution is 6.74. The molecule has 1 fully saturated rings. The van der Waals surface area contributed by atoms with Gasteiger partial charge in [0.25, 0.3) is 5.56 Å². The van der Waals surface area contributed by atoms with Crippen molar-refractivity contribution < 1.29 is 14.3 Å². The Hall–Kier alpha value is -1.22. The smallest absolute Gasteiger partial charge is 0.330 e. The SMILES string of the molecule is CCCC(C)(C)[Si](C)(C)OC[C@H]1O[C@@H](n2cc(C)c(=O)[nH]c2=O)C[C@@H]1O. The first-order chi connectivity index (χ1) is 12.0. The van der Waals surface area contributed by atoms with Crippen molar-refractivity contribution in [2.75, 3.05) is 6.61 Å². The summed E-state index contributed by atoms with van der Waals surface area (Å²) in [6.07, 6.45) is 2.17. The van der Waals surface area contributed by atoms with Crippen molar-refractivity contribution in [2.45, 2.75) is 83.5 Å². The van der Waals surface area contributed by atoms with E-state index in [-0.39, 0.29) is 5.04 Å². The lowest BCUT2D eigenvalue weighted by atomic mass is 10.1. The summed E-state index contributed by atoms with van der Waals surface area (Å²) in [5.41, 5.74) is -0.508. The number of nitrogens with zero attached hydrogens (tertiary/aromatic N) is 1. The molecule has 0 aromatic carbocycles. The first kappa shape index (κ1) is 21.1. The largest absolute Gasteiger partial charge is 0.414 e. The maximum Gasteiger partial charge on any atom is 0.330 e. The standard InChI is InChI=1S/C18H32N2O5Si/c1-7-8-18(3,4)26(5,6)24-11-14-13(21)9-15(25-14)20-10-12(2)16(22)19-17(20)23/h10,13-15,21H,7-9,11H2,1-6H3,(H,19,22,23)/t13-,14+,15+/m0/s1. The van der Waals surface area contributed by atoms with Crippen LogP contribution in [0.2, 0.25) is 18.1 Å². The second kappa shape index (κ2) is 7.80. The fourth-order valence-corrected chi connectivity index (χ4v) is 5.07. The zero-order chi connectivity index (χ0) is 19.7. The Bertz CT molecular complexity index is 740. The van der Waals surface area contributed by atoms with Crippen LogP contribution in [-0.2, 0) is 9.16 Å². The van der Waals surface area contributed by atoms with E-state index in [2.05, 4.69) is 38.8 Å². The molecule has 0 amide bonds. The molecule has 0 saturated carbocycles. The number of aromatic nitrogens is 2. The molecule has 0 radical (unpaired) electrons. The van der Waals surface area contributed by atoms with Gasteiger partial charge in [-0.3, -0.25) is 14.3 Å². The zero-order valence-electron chi connectivity index (χ0n) is 16.7. The van der Waals surface area contributed by atoms with Crippen LogP contribution in [0.3, 0.4) is 0 Å². The molecule has 1 aromatic heterocycles. The molecule has 0 aliphatic carbocycles. The van der Waals surface area contributed by atoms with Gasteiger partial charge in [0.1, 0.15) is 12.3 Å². The molecular weight excluding hydrogens is 352 g/mol. The molecule has 1 saturated heterocycles. The highest BCUT2D eigenvalue weighted by Crippen LogP contribution is 2.42. The van der Waals surface area contributed by atoms with Crippen molar-refractivity contribution in [2.24, 2.45) is 0 Å². The fraction of sp³-hybridized carbons (Fsp3) is 0.778. The Balaban J connectivity index is 2.07. The number of aromatic amines is 1. The van der Waals surface area contributed by atoms with Crippen molar-refractivity contribution in [3.05, 3.63) is 32.6 Å². The molecule has 8 heteroatoms. The first-order valence-corrected chi connectivity index (χ1v) is 12.2. The minimum absolute atomic E-state index is 0.123. The lowest BCUT2D eigenvalue weighted by molar-refractivity contribution is -0.0434. The van der Waals surface area contributed by atoms with Gasteiger partial charge in [-0.15, -0.1) is 0 Å². The lowest BCUT2D eigenvalue weighted by Gasteiger charge is -2.40. The Morgan fingerprint density at radius 1 is 1.42 bits per heavy atom. The third-order valence-electron chi connectivity index (χ3n) is 5.77. The highest BCUT2D eigenvalue weighted by Gasteiger charge is 2.43. The summed E-state index contributed by atoms with van der Waals surface area (Å²) in [5.74, 6) is 0. The topological polar surface area (TPSA) is 93.5 Å². The van der Waals surface area contributed by atoms with Crippen molar-refractivity contribution in [3.63, 3.8) is 0 Å². The van der Waals surface area contributed by atoms with Crippen LogP contribution in [0.4, 0.5) is 0 Å². The van der Waals surface area contributed by atoms with E-state index in [1.165, 1.54) is 10.8 Å². The maximum absolute atomic E-state index is 12.0. The fourth-order valence-electron chi connectivity index (χ4n) is 3.25. The zero-order valence-corrected chi connectivity index (χ0v) is 17.7. The number of rotatable bonds is 7. The van der Waals surface area contributed by atoms with Gasteiger partial charge in [0.15, 0.2) is 8.32 Å². The van der Waals surface area contributed by atoms with E-state index in [1.54, 1.807) is 6.92 Å². The first-order valence-electron chi connectivity index (χ1n) is 9.28.